The lowest BCUT2D eigenvalue weighted by atomic mass is 10.1. The Kier molecular flexibility index (Phi) is 3.41. The quantitative estimate of drug-likeness (QED) is 0.440. The smallest absolute Gasteiger partial charge is 0.225 e. The molecule has 2 unspecified atom stereocenters. The van der Waals surface area contributed by atoms with Gasteiger partial charge in [0.15, 0.2) is 0 Å². The van der Waals surface area contributed by atoms with Crippen LogP contribution in [-0.2, 0) is 4.79 Å². The highest BCUT2D eigenvalue weighted by molar-refractivity contribution is 6.64. The molecule has 8 heavy (non-hydrogen) atoms. The summed E-state index contributed by atoms with van der Waals surface area (Å²) in [5.74, 6) is -0.238. The van der Waals surface area contributed by atoms with Crippen LogP contribution in [0.4, 0.5) is 0 Å². The van der Waals surface area contributed by atoms with Crippen molar-refractivity contribution in [1.82, 2.24) is 0 Å². The Hall–Kier alpha value is 0.250. The minimum absolute atomic E-state index is 0.167. The van der Waals surface area contributed by atoms with E-state index < -0.39 is 0 Å². The molecule has 0 heterocycles. The zero-order valence-corrected chi connectivity index (χ0v) is 6.33. The number of carbonyl (C=O) groups excluding carboxylic acids is 1. The molecule has 0 radical (unpaired) electrons. The maximum absolute atomic E-state index is 10.3. The third kappa shape index (κ3) is 2.53. The predicted octanol–water partition coefficient (Wildman–Crippen LogP) is 2.02. The fourth-order valence-corrected chi connectivity index (χ4v) is 0.548. The first-order valence-electron chi connectivity index (χ1n) is 2.39. The van der Waals surface area contributed by atoms with Crippen LogP contribution in [0.1, 0.15) is 13.8 Å². The molecule has 0 rings (SSSR count). The molecule has 0 bridgehead atoms. The van der Waals surface area contributed by atoms with Gasteiger partial charge >= 0.3 is 0 Å². The van der Waals surface area contributed by atoms with Gasteiger partial charge in [0.1, 0.15) is 0 Å². The van der Waals surface area contributed by atoms with Crippen LogP contribution >= 0.6 is 23.2 Å². The number of rotatable bonds is 2. The number of alkyl halides is 1. The Morgan fingerprint density at radius 2 is 1.88 bits per heavy atom. The molecule has 0 aliphatic carbocycles. The van der Waals surface area contributed by atoms with Crippen molar-refractivity contribution < 1.29 is 4.79 Å². The lowest BCUT2D eigenvalue weighted by Gasteiger charge is -2.05. The van der Waals surface area contributed by atoms with E-state index in [1.165, 1.54) is 0 Å². The van der Waals surface area contributed by atoms with Crippen molar-refractivity contribution in [3.63, 3.8) is 0 Å². The SMILES string of the molecule is CC(Cl)C(C)C(=O)Cl. The van der Waals surface area contributed by atoms with Crippen molar-refractivity contribution in [3.05, 3.63) is 0 Å². The largest absolute Gasteiger partial charge is 0.281 e. The van der Waals surface area contributed by atoms with E-state index >= 15 is 0 Å². The molecular weight excluding hydrogens is 147 g/mol. The maximum atomic E-state index is 10.3. The van der Waals surface area contributed by atoms with Gasteiger partial charge in [-0.15, -0.1) is 11.6 Å². The first-order chi connectivity index (χ1) is 3.55. The van der Waals surface area contributed by atoms with E-state index in [1.54, 1.807) is 13.8 Å². The van der Waals surface area contributed by atoms with E-state index in [2.05, 4.69) is 0 Å². The highest BCUT2D eigenvalue weighted by Crippen LogP contribution is 2.11. The summed E-state index contributed by atoms with van der Waals surface area (Å²) in [6, 6.07) is 0. The highest BCUT2D eigenvalue weighted by Gasteiger charge is 2.14. The summed E-state index contributed by atoms with van der Waals surface area (Å²) in [6.07, 6.45) is 0. The standard InChI is InChI=1S/C5H8Cl2O/c1-3(4(2)6)5(7)8/h3-4H,1-2H3. The van der Waals surface area contributed by atoms with Crippen LogP contribution in [0.3, 0.4) is 0 Å². The Morgan fingerprint density at radius 3 is 1.88 bits per heavy atom. The van der Waals surface area contributed by atoms with Crippen LogP contribution in [0.25, 0.3) is 0 Å². The average molecular weight is 155 g/mol. The van der Waals surface area contributed by atoms with Gasteiger partial charge in [-0.2, -0.15) is 0 Å². The average Bonchev–Trinajstić information content (AvgIpc) is 1.64. The normalized spacial score (nSPS) is 17.5. The molecule has 3 heteroatoms. The molecule has 0 N–H and O–H groups in total. The molecule has 0 aliphatic rings. The monoisotopic (exact) mass is 154 g/mol. The molecule has 2 atom stereocenters. The van der Waals surface area contributed by atoms with Gasteiger partial charge in [0.05, 0.1) is 0 Å². The minimum atomic E-state index is -0.368. The van der Waals surface area contributed by atoms with E-state index in [4.69, 9.17) is 23.2 Å². The molecule has 0 amide bonds. The molecule has 0 fully saturated rings. The predicted molar refractivity (Wildman–Crippen MR) is 35.3 cm³/mol. The van der Waals surface area contributed by atoms with Gasteiger partial charge in [0.2, 0.25) is 5.24 Å². The van der Waals surface area contributed by atoms with Gasteiger partial charge < -0.3 is 0 Å². The maximum Gasteiger partial charge on any atom is 0.225 e. The summed E-state index contributed by atoms with van der Waals surface area (Å²) < 4.78 is 0. The van der Waals surface area contributed by atoms with E-state index in [0.29, 0.717) is 0 Å². The highest BCUT2D eigenvalue weighted by atomic mass is 35.5. The van der Waals surface area contributed by atoms with Crippen molar-refractivity contribution in [2.45, 2.75) is 19.2 Å². The lowest BCUT2D eigenvalue weighted by molar-refractivity contribution is -0.114. The van der Waals surface area contributed by atoms with Gasteiger partial charge in [-0.1, -0.05) is 6.92 Å². The third-order valence-corrected chi connectivity index (χ3v) is 1.77. The van der Waals surface area contributed by atoms with E-state index in [1.807, 2.05) is 0 Å². The fraction of sp³-hybridized carbons (Fsp3) is 0.800. The minimum Gasteiger partial charge on any atom is -0.281 e. The first kappa shape index (κ1) is 8.25. The molecule has 48 valence electrons. The molecule has 0 aromatic heterocycles. The Morgan fingerprint density at radius 1 is 1.50 bits per heavy atom. The van der Waals surface area contributed by atoms with Crippen LogP contribution in [0.2, 0.25) is 0 Å². The second-order valence-corrected chi connectivity index (χ2v) is 2.83. The van der Waals surface area contributed by atoms with Crippen LogP contribution in [0, 0.1) is 5.92 Å². The van der Waals surface area contributed by atoms with Crippen molar-refractivity contribution in [2.75, 3.05) is 0 Å². The second kappa shape index (κ2) is 3.31. The Bertz CT molecular complexity index is 90.4. The molecule has 0 spiro atoms. The van der Waals surface area contributed by atoms with Crippen molar-refractivity contribution in [1.29, 1.82) is 0 Å². The van der Waals surface area contributed by atoms with Gasteiger partial charge in [-0.3, -0.25) is 4.79 Å². The molecule has 0 saturated heterocycles. The van der Waals surface area contributed by atoms with Gasteiger partial charge in [0, 0.05) is 11.3 Å². The van der Waals surface area contributed by atoms with Gasteiger partial charge in [0.25, 0.3) is 0 Å². The summed E-state index contributed by atoms with van der Waals surface area (Å²) in [5, 5.41) is -0.535. The lowest BCUT2D eigenvalue weighted by Crippen LogP contribution is -2.13. The van der Waals surface area contributed by atoms with Gasteiger partial charge in [-0.25, -0.2) is 0 Å². The number of hydrogen-bond donors (Lipinski definition) is 0. The summed E-state index contributed by atoms with van der Waals surface area (Å²) in [5.41, 5.74) is 0. The van der Waals surface area contributed by atoms with E-state index in [0.717, 1.165) is 0 Å². The van der Waals surface area contributed by atoms with Crippen molar-refractivity contribution in [3.8, 4) is 0 Å². The van der Waals surface area contributed by atoms with Crippen molar-refractivity contribution >= 4 is 28.4 Å². The summed E-state index contributed by atoms with van der Waals surface area (Å²) in [6.45, 7) is 3.44. The van der Waals surface area contributed by atoms with Crippen LogP contribution in [0.5, 0.6) is 0 Å². The number of halogens is 2. The molecule has 0 aromatic carbocycles. The third-order valence-electron chi connectivity index (χ3n) is 1.05. The Labute approximate surface area is 59.0 Å². The Balaban J connectivity index is 3.64. The molecule has 0 saturated carbocycles. The zero-order valence-electron chi connectivity index (χ0n) is 4.82. The van der Waals surface area contributed by atoms with Crippen LogP contribution in [-0.4, -0.2) is 10.6 Å². The number of carbonyl (C=O) groups is 1. The fourth-order valence-electron chi connectivity index (χ4n) is 0.181. The van der Waals surface area contributed by atoms with Crippen LogP contribution in [0.15, 0.2) is 0 Å². The first-order valence-corrected chi connectivity index (χ1v) is 3.20. The van der Waals surface area contributed by atoms with Crippen molar-refractivity contribution in [2.24, 2.45) is 5.92 Å². The molecular formula is C5H8Cl2O. The summed E-state index contributed by atoms with van der Waals surface area (Å²) >= 11 is 10.6. The number of hydrogen-bond acceptors (Lipinski definition) is 1. The molecule has 0 aromatic rings. The summed E-state index contributed by atoms with van der Waals surface area (Å²) in [7, 11) is 0. The summed E-state index contributed by atoms with van der Waals surface area (Å²) in [4.78, 5) is 10.3. The van der Waals surface area contributed by atoms with E-state index in [9.17, 15) is 4.79 Å². The van der Waals surface area contributed by atoms with Gasteiger partial charge in [-0.05, 0) is 18.5 Å². The molecule has 0 aliphatic heterocycles. The van der Waals surface area contributed by atoms with E-state index in [-0.39, 0.29) is 16.5 Å². The molecule has 1 nitrogen and oxygen atoms in total. The second-order valence-electron chi connectivity index (χ2n) is 1.77. The van der Waals surface area contributed by atoms with Crippen LogP contribution < -0.4 is 0 Å². The topological polar surface area (TPSA) is 17.1 Å². The zero-order chi connectivity index (χ0) is 6.73.